The second kappa shape index (κ2) is 3.80. The van der Waals surface area contributed by atoms with Gasteiger partial charge in [0, 0.05) is 6.07 Å². The molecule has 1 aliphatic carbocycles. The molecule has 94 valence electrons. The lowest BCUT2D eigenvalue weighted by Crippen LogP contribution is -2.31. The van der Waals surface area contributed by atoms with Gasteiger partial charge in [0.25, 0.3) is 0 Å². The Morgan fingerprint density at radius 3 is 2.67 bits per heavy atom. The van der Waals surface area contributed by atoms with Crippen LogP contribution in [0.2, 0.25) is 0 Å². The fourth-order valence-corrected chi connectivity index (χ4v) is 2.72. The van der Waals surface area contributed by atoms with Crippen LogP contribution in [0.4, 0.5) is 5.82 Å². The molecule has 1 saturated heterocycles. The number of hydrogen-bond donors (Lipinski definition) is 0. The van der Waals surface area contributed by atoms with Gasteiger partial charge in [-0.05, 0) is 26.7 Å². The molecule has 5 heteroatoms. The number of rotatable bonds is 1. The highest BCUT2D eigenvalue weighted by molar-refractivity contribution is 6.21. The molecule has 0 spiro atoms. The molecule has 2 aliphatic rings. The molecule has 1 aromatic heterocycles. The summed E-state index contributed by atoms with van der Waals surface area (Å²) in [5.41, 5.74) is 1.18. The summed E-state index contributed by atoms with van der Waals surface area (Å²) in [5.74, 6) is 0.162. The number of aromatic nitrogens is 1. The Hall–Kier alpha value is -1.91. The highest BCUT2D eigenvalue weighted by Crippen LogP contribution is 2.39. The molecule has 3 rings (SSSR count). The average Bonchev–Trinajstić information content (AvgIpc) is 2.84. The molecule has 0 radical (unpaired) electrons. The molecular formula is C13H14N2O3. The Labute approximate surface area is 104 Å². The van der Waals surface area contributed by atoms with E-state index < -0.39 is 0 Å². The van der Waals surface area contributed by atoms with E-state index in [1.807, 2.05) is 13.0 Å². The van der Waals surface area contributed by atoms with Gasteiger partial charge in [-0.1, -0.05) is 16.8 Å². The van der Waals surface area contributed by atoms with E-state index in [4.69, 9.17) is 4.52 Å². The predicted molar refractivity (Wildman–Crippen MR) is 63.7 cm³/mol. The summed E-state index contributed by atoms with van der Waals surface area (Å²) in [7, 11) is 0. The molecule has 0 bridgehead atoms. The standard InChI is InChI=1S/C13H14N2O3/c1-7-3-4-9-10(5-7)13(17)15(12(9)16)11-6-8(2)18-14-11/h3,6,9-10H,4-5H2,1-2H3/t9-,10+/m1/s1. The van der Waals surface area contributed by atoms with Crippen molar-refractivity contribution in [1.82, 2.24) is 5.16 Å². The normalized spacial score (nSPS) is 27.4. The van der Waals surface area contributed by atoms with Crippen molar-refractivity contribution in [3.63, 3.8) is 0 Å². The van der Waals surface area contributed by atoms with E-state index >= 15 is 0 Å². The van der Waals surface area contributed by atoms with Gasteiger partial charge in [0.15, 0.2) is 5.82 Å². The quantitative estimate of drug-likeness (QED) is 0.560. The SMILES string of the molecule is CC1=CC[C@H]2C(=O)N(c3cc(C)on3)C(=O)[C@H]2C1. The van der Waals surface area contributed by atoms with Gasteiger partial charge in [-0.25, -0.2) is 4.90 Å². The van der Waals surface area contributed by atoms with Crippen LogP contribution >= 0.6 is 0 Å². The summed E-state index contributed by atoms with van der Waals surface area (Å²) >= 11 is 0. The van der Waals surface area contributed by atoms with E-state index in [0.29, 0.717) is 24.4 Å². The van der Waals surface area contributed by atoms with Crippen LogP contribution in [-0.4, -0.2) is 17.0 Å². The Morgan fingerprint density at radius 2 is 2.00 bits per heavy atom. The Morgan fingerprint density at radius 1 is 1.28 bits per heavy atom. The van der Waals surface area contributed by atoms with Gasteiger partial charge in [-0.2, -0.15) is 0 Å². The fourth-order valence-electron chi connectivity index (χ4n) is 2.72. The molecular weight excluding hydrogens is 232 g/mol. The molecule has 0 saturated carbocycles. The minimum atomic E-state index is -0.224. The van der Waals surface area contributed by atoms with Crippen molar-refractivity contribution < 1.29 is 14.1 Å². The van der Waals surface area contributed by atoms with Crippen molar-refractivity contribution in [2.45, 2.75) is 26.7 Å². The van der Waals surface area contributed by atoms with Crippen LogP contribution in [0, 0.1) is 18.8 Å². The molecule has 1 aliphatic heterocycles. The number of allylic oxidation sites excluding steroid dienone is 2. The summed E-state index contributed by atoms with van der Waals surface area (Å²) in [6.45, 7) is 3.73. The number of nitrogens with zero attached hydrogens (tertiary/aromatic N) is 2. The zero-order valence-corrected chi connectivity index (χ0v) is 10.3. The maximum Gasteiger partial charge on any atom is 0.239 e. The van der Waals surface area contributed by atoms with Crippen molar-refractivity contribution >= 4 is 17.6 Å². The average molecular weight is 246 g/mol. The minimum Gasteiger partial charge on any atom is -0.360 e. The van der Waals surface area contributed by atoms with Gasteiger partial charge in [-0.15, -0.1) is 0 Å². The monoisotopic (exact) mass is 246 g/mol. The maximum absolute atomic E-state index is 12.3. The van der Waals surface area contributed by atoms with Crippen LogP contribution in [-0.2, 0) is 9.59 Å². The van der Waals surface area contributed by atoms with Crippen molar-refractivity contribution in [1.29, 1.82) is 0 Å². The summed E-state index contributed by atoms with van der Waals surface area (Å²) in [4.78, 5) is 25.7. The molecule has 0 aromatic carbocycles. The van der Waals surface area contributed by atoms with E-state index in [-0.39, 0.29) is 23.7 Å². The summed E-state index contributed by atoms with van der Waals surface area (Å²) < 4.78 is 4.94. The topological polar surface area (TPSA) is 63.4 Å². The van der Waals surface area contributed by atoms with Gasteiger partial charge >= 0.3 is 0 Å². The van der Waals surface area contributed by atoms with Crippen LogP contribution in [0.25, 0.3) is 0 Å². The van der Waals surface area contributed by atoms with Crippen molar-refractivity contribution in [2.75, 3.05) is 4.90 Å². The van der Waals surface area contributed by atoms with Crippen molar-refractivity contribution in [2.24, 2.45) is 11.8 Å². The van der Waals surface area contributed by atoms with Crippen LogP contribution in [0.1, 0.15) is 25.5 Å². The first-order valence-corrected chi connectivity index (χ1v) is 6.04. The smallest absolute Gasteiger partial charge is 0.239 e. The lowest BCUT2D eigenvalue weighted by atomic mass is 9.82. The second-order valence-electron chi connectivity index (χ2n) is 5.01. The molecule has 0 N–H and O–H groups in total. The van der Waals surface area contributed by atoms with Gasteiger partial charge in [0.2, 0.25) is 11.8 Å². The van der Waals surface area contributed by atoms with Crippen LogP contribution in [0.15, 0.2) is 22.2 Å². The van der Waals surface area contributed by atoms with E-state index in [9.17, 15) is 9.59 Å². The third kappa shape index (κ3) is 1.50. The second-order valence-corrected chi connectivity index (χ2v) is 5.01. The molecule has 5 nitrogen and oxygen atoms in total. The zero-order chi connectivity index (χ0) is 12.9. The van der Waals surface area contributed by atoms with Crippen LogP contribution in [0.5, 0.6) is 0 Å². The van der Waals surface area contributed by atoms with E-state index in [1.165, 1.54) is 10.5 Å². The third-order valence-corrected chi connectivity index (χ3v) is 3.67. The lowest BCUT2D eigenvalue weighted by Gasteiger charge is -2.18. The number of amides is 2. The van der Waals surface area contributed by atoms with Gasteiger partial charge in [0.05, 0.1) is 11.8 Å². The van der Waals surface area contributed by atoms with E-state index in [0.717, 1.165) is 0 Å². The number of carbonyl (C=O) groups excluding carboxylic acids is 2. The molecule has 1 aromatic rings. The Balaban J connectivity index is 1.96. The van der Waals surface area contributed by atoms with Gasteiger partial charge < -0.3 is 4.52 Å². The number of hydrogen-bond acceptors (Lipinski definition) is 4. The van der Waals surface area contributed by atoms with Crippen molar-refractivity contribution in [3.05, 3.63) is 23.5 Å². The maximum atomic E-state index is 12.3. The Kier molecular flexibility index (Phi) is 2.36. The van der Waals surface area contributed by atoms with Crippen LogP contribution in [0.3, 0.4) is 0 Å². The zero-order valence-electron chi connectivity index (χ0n) is 10.3. The van der Waals surface area contributed by atoms with Gasteiger partial charge in [-0.3, -0.25) is 9.59 Å². The summed E-state index contributed by atoms with van der Waals surface area (Å²) in [5, 5.41) is 3.77. The molecule has 2 heterocycles. The first kappa shape index (κ1) is 11.2. The number of carbonyl (C=O) groups is 2. The Bertz CT molecular complexity index is 558. The number of imide groups is 1. The number of anilines is 1. The number of fused-ring (bicyclic) bond motifs is 1. The first-order chi connectivity index (χ1) is 8.58. The fraction of sp³-hybridized carbons (Fsp3) is 0.462. The van der Waals surface area contributed by atoms with Gasteiger partial charge in [0.1, 0.15) is 5.76 Å². The molecule has 2 atom stereocenters. The molecule has 18 heavy (non-hydrogen) atoms. The molecule has 1 fully saturated rings. The van der Waals surface area contributed by atoms with E-state index in [2.05, 4.69) is 5.16 Å². The van der Waals surface area contributed by atoms with E-state index in [1.54, 1.807) is 13.0 Å². The number of aryl methyl sites for hydroxylation is 1. The largest absolute Gasteiger partial charge is 0.360 e. The van der Waals surface area contributed by atoms with Crippen molar-refractivity contribution in [3.8, 4) is 0 Å². The lowest BCUT2D eigenvalue weighted by molar-refractivity contribution is -0.122. The molecule has 0 unspecified atom stereocenters. The third-order valence-electron chi connectivity index (χ3n) is 3.67. The first-order valence-electron chi connectivity index (χ1n) is 6.04. The highest BCUT2D eigenvalue weighted by Gasteiger charge is 2.49. The molecule has 2 amide bonds. The minimum absolute atomic E-state index is 0.147. The predicted octanol–water partition coefficient (Wildman–Crippen LogP) is 1.83. The highest BCUT2D eigenvalue weighted by atomic mass is 16.5. The summed E-state index contributed by atoms with van der Waals surface area (Å²) in [6.07, 6.45) is 3.36. The van der Waals surface area contributed by atoms with Crippen LogP contribution < -0.4 is 4.90 Å². The summed E-state index contributed by atoms with van der Waals surface area (Å²) in [6, 6.07) is 1.62.